The van der Waals surface area contributed by atoms with Gasteiger partial charge >= 0.3 is 0 Å². The molecule has 0 bridgehead atoms. The summed E-state index contributed by atoms with van der Waals surface area (Å²) in [6.07, 6.45) is 0.215. The van der Waals surface area contributed by atoms with E-state index in [2.05, 4.69) is 19.2 Å². The molecule has 0 spiro atoms. The van der Waals surface area contributed by atoms with Gasteiger partial charge in [-0.25, -0.2) is 0 Å². The summed E-state index contributed by atoms with van der Waals surface area (Å²) < 4.78 is 5.36. The summed E-state index contributed by atoms with van der Waals surface area (Å²) in [5, 5.41) is 21.3. The van der Waals surface area contributed by atoms with Gasteiger partial charge in [0.15, 0.2) is 0 Å². The molecule has 0 fully saturated rings. The van der Waals surface area contributed by atoms with Gasteiger partial charge in [-0.05, 0) is 30.7 Å². The van der Waals surface area contributed by atoms with Crippen molar-refractivity contribution in [2.45, 2.75) is 32.4 Å². The van der Waals surface area contributed by atoms with Gasteiger partial charge in [0.2, 0.25) is 0 Å². The Morgan fingerprint density at radius 1 is 1.22 bits per heavy atom. The van der Waals surface area contributed by atoms with Crippen molar-refractivity contribution in [3.63, 3.8) is 0 Å². The number of rotatable bonds is 8. The number of ether oxygens (including phenoxy) is 1. The molecule has 0 amide bonds. The van der Waals surface area contributed by atoms with E-state index in [0.29, 0.717) is 11.8 Å². The average molecular weight is 253 g/mol. The molecule has 0 aliphatic carbocycles. The zero-order valence-electron chi connectivity index (χ0n) is 11.1. The molecule has 0 saturated carbocycles. The van der Waals surface area contributed by atoms with Crippen molar-refractivity contribution in [2.24, 2.45) is 0 Å². The fraction of sp³-hybridized carbons (Fsp3) is 0.571. The molecule has 0 heterocycles. The lowest BCUT2D eigenvalue weighted by Gasteiger charge is -2.17. The first kappa shape index (κ1) is 15.0. The number of aliphatic hydroxyl groups is 2. The van der Waals surface area contributed by atoms with Crippen LogP contribution in [0.2, 0.25) is 0 Å². The van der Waals surface area contributed by atoms with Crippen molar-refractivity contribution in [3.05, 3.63) is 29.8 Å². The van der Waals surface area contributed by atoms with Gasteiger partial charge in [0, 0.05) is 6.04 Å². The summed E-state index contributed by atoms with van der Waals surface area (Å²) in [7, 11) is 0. The molecule has 0 saturated heterocycles. The molecule has 1 aromatic carbocycles. The van der Waals surface area contributed by atoms with E-state index in [4.69, 9.17) is 9.84 Å². The molecule has 4 nitrogen and oxygen atoms in total. The Bertz CT molecular complexity index is 326. The Morgan fingerprint density at radius 3 is 2.39 bits per heavy atom. The fourth-order valence-electron chi connectivity index (χ4n) is 1.79. The van der Waals surface area contributed by atoms with Crippen LogP contribution in [0.15, 0.2) is 24.3 Å². The van der Waals surface area contributed by atoms with Crippen LogP contribution in [0.4, 0.5) is 0 Å². The molecule has 1 rings (SSSR count). The lowest BCUT2D eigenvalue weighted by Crippen LogP contribution is -2.21. The zero-order valence-corrected chi connectivity index (χ0v) is 11.1. The predicted octanol–water partition coefficient (Wildman–Crippen LogP) is 1.48. The molecule has 4 heteroatoms. The van der Waals surface area contributed by atoms with Crippen LogP contribution < -0.4 is 10.1 Å². The first-order valence-electron chi connectivity index (χ1n) is 6.46. The third kappa shape index (κ3) is 4.64. The summed E-state index contributed by atoms with van der Waals surface area (Å²) in [6.45, 7) is 5.02. The van der Waals surface area contributed by atoms with Gasteiger partial charge < -0.3 is 20.3 Å². The topological polar surface area (TPSA) is 61.7 Å². The third-order valence-corrected chi connectivity index (χ3v) is 2.79. The summed E-state index contributed by atoms with van der Waals surface area (Å²) in [5.74, 6) is 0.706. The Morgan fingerprint density at radius 2 is 1.89 bits per heavy atom. The van der Waals surface area contributed by atoms with Crippen molar-refractivity contribution in [3.8, 4) is 5.75 Å². The monoisotopic (exact) mass is 253 g/mol. The molecule has 2 unspecified atom stereocenters. The number of benzene rings is 1. The molecule has 2 atom stereocenters. The summed E-state index contributed by atoms with van der Waals surface area (Å²) in [4.78, 5) is 0. The van der Waals surface area contributed by atoms with Crippen molar-refractivity contribution < 1.29 is 14.9 Å². The highest BCUT2D eigenvalue weighted by Gasteiger charge is 2.08. The van der Waals surface area contributed by atoms with Crippen LogP contribution >= 0.6 is 0 Å². The van der Waals surface area contributed by atoms with Gasteiger partial charge in [0.1, 0.15) is 18.5 Å². The Kier molecular flexibility index (Phi) is 6.72. The average Bonchev–Trinajstić information content (AvgIpc) is 2.42. The van der Waals surface area contributed by atoms with E-state index in [1.807, 2.05) is 24.3 Å². The second kappa shape index (κ2) is 8.08. The molecular formula is C14H23NO3. The maximum absolute atomic E-state index is 9.19. The predicted molar refractivity (Wildman–Crippen MR) is 71.7 cm³/mol. The van der Waals surface area contributed by atoms with Crippen LogP contribution in [0, 0.1) is 0 Å². The van der Waals surface area contributed by atoms with E-state index < -0.39 is 6.10 Å². The van der Waals surface area contributed by atoms with Crippen molar-refractivity contribution in [1.29, 1.82) is 0 Å². The highest BCUT2D eigenvalue weighted by Crippen LogP contribution is 2.20. The molecule has 0 aliphatic heterocycles. The molecule has 0 aliphatic rings. The maximum atomic E-state index is 9.19. The number of nitrogens with one attached hydrogen (secondary N) is 1. The Hall–Kier alpha value is -1.10. The molecule has 18 heavy (non-hydrogen) atoms. The van der Waals surface area contributed by atoms with Crippen LogP contribution in [0.1, 0.15) is 31.9 Å². The standard InChI is InChI=1S/C14H23NO3/c1-3-14(15-4-2)11-5-7-13(8-6-11)18-10-12(17)9-16/h5-8,12,14-17H,3-4,9-10H2,1-2H3. The van der Waals surface area contributed by atoms with Crippen LogP contribution in [0.5, 0.6) is 5.75 Å². The first-order valence-corrected chi connectivity index (χ1v) is 6.46. The highest BCUT2D eigenvalue weighted by molar-refractivity contribution is 5.29. The van der Waals surface area contributed by atoms with E-state index in [1.54, 1.807) is 0 Å². The van der Waals surface area contributed by atoms with Crippen LogP contribution in [0.3, 0.4) is 0 Å². The Labute approximate surface area is 109 Å². The molecule has 0 aromatic heterocycles. The van der Waals surface area contributed by atoms with Gasteiger partial charge in [-0.1, -0.05) is 26.0 Å². The largest absolute Gasteiger partial charge is 0.491 e. The summed E-state index contributed by atoms with van der Waals surface area (Å²) >= 11 is 0. The van der Waals surface area contributed by atoms with Crippen molar-refractivity contribution >= 4 is 0 Å². The van der Waals surface area contributed by atoms with Crippen molar-refractivity contribution in [2.75, 3.05) is 19.8 Å². The maximum Gasteiger partial charge on any atom is 0.119 e. The third-order valence-electron chi connectivity index (χ3n) is 2.79. The van der Waals surface area contributed by atoms with E-state index >= 15 is 0 Å². The van der Waals surface area contributed by atoms with E-state index in [0.717, 1.165) is 13.0 Å². The van der Waals surface area contributed by atoms with E-state index in [1.165, 1.54) is 5.56 Å². The van der Waals surface area contributed by atoms with Gasteiger partial charge in [0.25, 0.3) is 0 Å². The van der Waals surface area contributed by atoms with Crippen molar-refractivity contribution in [1.82, 2.24) is 5.32 Å². The minimum atomic E-state index is -0.824. The summed E-state index contributed by atoms with van der Waals surface area (Å²) in [6, 6.07) is 8.19. The number of hydrogen-bond acceptors (Lipinski definition) is 4. The van der Waals surface area contributed by atoms with Crippen LogP contribution in [-0.2, 0) is 0 Å². The zero-order chi connectivity index (χ0) is 13.4. The minimum Gasteiger partial charge on any atom is -0.491 e. The Balaban J connectivity index is 2.56. The van der Waals surface area contributed by atoms with E-state index in [9.17, 15) is 5.11 Å². The van der Waals surface area contributed by atoms with Gasteiger partial charge in [0.05, 0.1) is 6.61 Å². The number of aliphatic hydroxyl groups excluding tert-OH is 2. The van der Waals surface area contributed by atoms with Gasteiger partial charge in [-0.2, -0.15) is 0 Å². The minimum absolute atomic E-state index is 0.111. The molecule has 102 valence electrons. The molecule has 0 radical (unpaired) electrons. The second-order valence-corrected chi connectivity index (χ2v) is 4.23. The quantitative estimate of drug-likeness (QED) is 0.656. The van der Waals surface area contributed by atoms with Crippen LogP contribution in [0.25, 0.3) is 0 Å². The lowest BCUT2D eigenvalue weighted by atomic mass is 10.0. The molecule has 3 N–H and O–H groups in total. The SMILES string of the molecule is CCNC(CC)c1ccc(OCC(O)CO)cc1. The first-order chi connectivity index (χ1) is 8.71. The molecule has 1 aromatic rings. The summed E-state index contributed by atoms with van der Waals surface area (Å²) in [5.41, 5.74) is 1.23. The second-order valence-electron chi connectivity index (χ2n) is 4.23. The normalized spacial score (nSPS) is 14.2. The fourth-order valence-corrected chi connectivity index (χ4v) is 1.79. The highest BCUT2D eigenvalue weighted by atomic mass is 16.5. The smallest absolute Gasteiger partial charge is 0.119 e. The van der Waals surface area contributed by atoms with Gasteiger partial charge in [-0.3, -0.25) is 0 Å². The number of hydrogen-bond donors (Lipinski definition) is 3. The molecular weight excluding hydrogens is 230 g/mol. The van der Waals surface area contributed by atoms with Gasteiger partial charge in [-0.15, -0.1) is 0 Å². The lowest BCUT2D eigenvalue weighted by molar-refractivity contribution is 0.0536. The van der Waals surface area contributed by atoms with E-state index in [-0.39, 0.29) is 13.2 Å². The van der Waals surface area contributed by atoms with Crippen LogP contribution in [-0.4, -0.2) is 36.1 Å².